The molecule has 2 aromatic carbocycles. The Balaban J connectivity index is 1.59. The smallest absolute Gasteiger partial charge is 0.0594 e. The summed E-state index contributed by atoms with van der Waals surface area (Å²) in [4.78, 5) is 6.11. The van der Waals surface area contributed by atoms with Crippen molar-refractivity contribution < 1.29 is 4.74 Å². The number of para-hydroxylation sites is 1. The van der Waals surface area contributed by atoms with Gasteiger partial charge in [-0.1, -0.05) is 41.9 Å². The number of hydrogen-bond donors (Lipinski definition) is 1. The molecule has 1 aliphatic heterocycles. The van der Waals surface area contributed by atoms with Gasteiger partial charge in [-0.05, 0) is 48.7 Å². The van der Waals surface area contributed by atoms with Crippen molar-refractivity contribution in [3.05, 3.63) is 59.1 Å². The van der Waals surface area contributed by atoms with E-state index >= 15 is 0 Å². The Morgan fingerprint density at radius 1 is 1.00 bits per heavy atom. The number of aryl methyl sites for hydroxylation is 1. The Labute approximate surface area is 153 Å². The molecule has 2 heterocycles. The van der Waals surface area contributed by atoms with E-state index in [-0.39, 0.29) is 0 Å². The van der Waals surface area contributed by atoms with Crippen LogP contribution in [-0.4, -0.2) is 42.7 Å². The molecule has 25 heavy (non-hydrogen) atoms. The number of morpholine rings is 1. The molecule has 3 nitrogen and oxygen atoms in total. The third kappa shape index (κ3) is 3.74. The van der Waals surface area contributed by atoms with Crippen molar-refractivity contribution in [2.24, 2.45) is 0 Å². The first-order valence-corrected chi connectivity index (χ1v) is 9.35. The fourth-order valence-electron chi connectivity index (χ4n) is 3.63. The number of aromatic amines is 1. The Morgan fingerprint density at radius 2 is 1.76 bits per heavy atom. The lowest BCUT2D eigenvalue weighted by Gasteiger charge is -2.26. The van der Waals surface area contributed by atoms with Crippen LogP contribution in [0.25, 0.3) is 22.2 Å². The highest BCUT2D eigenvalue weighted by Crippen LogP contribution is 2.32. The minimum Gasteiger partial charge on any atom is -0.379 e. The minimum atomic E-state index is 0.772. The molecule has 4 heteroatoms. The van der Waals surface area contributed by atoms with Gasteiger partial charge in [-0.25, -0.2) is 0 Å². The molecule has 1 N–H and O–H groups in total. The molecule has 0 unspecified atom stereocenters. The lowest BCUT2D eigenvalue weighted by molar-refractivity contribution is 0.0375. The molecular weight excluding hydrogens is 332 g/mol. The minimum absolute atomic E-state index is 0.772. The third-order valence-corrected chi connectivity index (χ3v) is 5.20. The van der Waals surface area contributed by atoms with Gasteiger partial charge in [-0.3, -0.25) is 4.90 Å². The average Bonchev–Trinajstić information content (AvgIpc) is 3.02. The average molecular weight is 355 g/mol. The molecule has 0 atom stereocenters. The van der Waals surface area contributed by atoms with Crippen molar-refractivity contribution in [3.63, 3.8) is 0 Å². The highest BCUT2D eigenvalue weighted by atomic mass is 35.5. The number of fused-ring (bicyclic) bond motifs is 1. The van der Waals surface area contributed by atoms with Crippen molar-refractivity contribution in [3.8, 4) is 11.3 Å². The van der Waals surface area contributed by atoms with E-state index in [1.165, 1.54) is 27.7 Å². The van der Waals surface area contributed by atoms with Crippen molar-refractivity contribution >= 4 is 22.5 Å². The quantitative estimate of drug-likeness (QED) is 0.716. The maximum Gasteiger partial charge on any atom is 0.0594 e. The zero-order chi connectivity index (χ0) is 17.1. The highest BCUT2D eigenvalue weighted by Gasteiger charge is 2.14. The lowest BCUT2D eigenvalue weighted by atomic mass is 10.0. The van der Waals surface area contributed by atoms with Crippen molar-refractivity contribution in [2.75, 3.05) is 32.8 Å². The van der Waals surface area contributed by atoms with Crippen LogP contribution >= 0.6 is 11.6 Å². The van der Waals surface area contributed by atoms with Crippen LogP contribution in [0.3, 0.4) is 0 Å². The third-order valence-electron chi connectivity index (χ3n) is 4.95. The summed E-state index contributed by atoms with van der Waals surface area (Å²) in [6.07, 6.45) is 2.22. The Kier molecular flexibility index (Phi) is 5.07. The fraction of sp³-hybridized carbons (Fsp3) is 0.333. The summed E-state index contributed by atoms with van der Waals surface area (Å²) in [5.74, 6) is 0. The highest BCUT2D eigenvalue weighted by molar-refractivity contribution is 6.30. The molecule has 1 aromatic heterocycles. The lowest BCUT2D eigenvalue weighted by Crippen LogP contribution is -2.36. The molecule has 1 aliphatic rings. The van der Waals surface area contributed by atoms with Gasteiger partial charge in [0.2, 0.25) is 0 Å². The second kappa shape index (κ2) is 7.61. The summed E-state index contributed by atoms with van der Waals surface area (Å²) < 4.78 is 5.44. The van der Waals surface area contributed by atoms with Gasteiger partial charge in [0.15, 0.2) is 0 Å². The zero-order valence-corrected chi connectivity index (χ0v) is 15.1. The number of hydrogen-bond acceptors (Lipinski definition) is 2. The maximum atomic E-state index is 6.06. The van der Waals surface area contributed by atoms with E-state index in [9.17, 15) is 0 Å². The van der Waals surface area contributed by atoms with E-state index in [1.54, 1.807) is 0 Å². The molecular formula is C21H23ClN2O. The van der Waals surface area contributed by atoms with Crippen molar-refractivity contribution in [2.45, 2.75) is 12.8 Å². The molecule has 1 saturated heterocycles. The van der Waals surface area contributed by atoms with Crippen molar-refractivity contribution in [1.29, 1.82) is 0 Å². The van der Waals surface area contributed by atoms with Crippen LogP contribution in [0.1, 0.15) is 12.0 Å². The molecule has 0 spiro atoms. The van der Waals surface area contributed by atoms with E-state index in [1.807, 2.05) is 12.1 Å². The second-order valence-corrected chi connectivity index (χ2v) is 7.03. The predicted molar refractivity (Wildman–Crippen MR) is 104 cm³/mol. The Morgan fingerprint density at radius 3 is 2.56 bits per heavy atom. The number of H-pyrrole nitrogens is 1. The van der Waals surface area contributed by atoms with E-state index in [2.05, 4.69) is 46.3 Å². The van der Waals surface area contributed by atoms with Gasteiger partial charge in [-0.15, -0.1) is 0 Å². The number of halogens is 1. The molecule has 0 saturated carbocycles. The number of nitrogens with zero attached hydrogens (tertiary/aromatic N) is 1. The fourth-order valence-corrected chi connectivity index (χ4v) is 3.75. The number of nitrogens with one attached hydrogen (secondary N) is 1. The monoisotopic (exact) mass is 354 g/mol. The van der Waals surface area contributed by atoms with Gasteiger partial charge in [0.25, 0.3) is 0 Å². The predicted octanol–water partition coefficient (Wildman–Crippen LogP) is 4.75. The van der Waals surface area contributed by atoms with Gasteiger partial charge in [0, 0.05) is 34.7 Å². The standard InChI is InChI=1S/C21H23ClN2O/c22-17-9-7-16(8-10-17)21-19(18-4-1-2-6-20(18)23-21)5-3-11-24-12-14-25-15-13-24/h1-2,4,6-10,23H,3,5,11-15H2. The number of aromatic nitrogens is 1. The SMILES string of the molecule is Clc1ccc(-c2[nH]c3ccccc3c2CCCN2CCOCC2)cc1. The molecule has 3 aromatic rings. The molecule has 130 valence electrons. The summed E-state index contributed by atoms with van der Waals surface area (Å²) in [6.45, 7) is 4.96. The Bertz CT molecular complexity index is 835. The summed E-state index contributed by atoms with van der Waals surface area (Å²) in [5, 5.41) is 2.10. The van der Waals surface area contributed by atoms with E-state index < -0.39 is 0 Å². The second-order valence-electron chi connectivity index (χ2n) is 6.59. The first-order valence-electron chi connectivity index (χ1n) is 8.97. The van der Waals surface area contributed by atoms with Crippen LogP contribution in [0.5, 0.6) is 0 Å². The normalized spacial score (nSPS) is 15.7. The first-order chi connectivity index (χ1) is 12.3. The molecule has 0 amide bonds. The van der Waals surface area contributed by atoms with Crippen LogP contribution in [-0.2, 0) is 11.2 Å². The van der Waals surface area contributed by atoms with Gasteiger partial charge in [0.1, 0.15) is 0 Å². The summed E-state index contributed by atoms with van der Waals surface area (Å²) in [7, 11) is 0. The van der Waals surface area contributed by atoms with Gasteiger partial charge in [0.05, 0.1) is 13.2 Å². The zero-order valence-electron chi connectivity index (χ0n) is 14.3. The molecule has 0 aliphatic carbocycles. The summed E-state index contributed by atoms with van der Waals surface area (Å²) in [5.41, 5.74) is 5.03. The van der Waals surface area contributed by atoms with E-state index in [0.29, 0.717) is 0 Å². The molecule has 4 rings (SSSR count). The van der Waals surface area contributed by atoms with Crippen LogP contribution < -0.4 is 0 Å². The van der Waals surface area contributed by atoms with Crippen LogP contribution in [0.15, 0.2) is 48.5 Å². The van der Waals surface area contributed by atoms with Crippen LogP contribution in [0.2, 0.25) is 5.02 Å². The summed E-state index contributed by atoms with van der Waals surface area (Å²) in [6, 6.07) is 16.7. The van der Waals surface area contributed by atoms with E-state index in [4.69, 9.17) is 16.3 Å². The van der Waals surface area contributed by atoms with Crippen LogP contribution in [0.4, 0.5) is 0 Å². The molecule has 0 bridgehead atoms. The van der Waals surface area contributed by atoms with E-state index in [0.717, 1.165) is 50.7 Å². The van der Waals surface area contributed by atoms with Gasteiger partial charge >= 0.3 is 0 Å². The number of rotatable bonds is 5. The summed E-state index contributed by atoms with van der Waals surface area (Å²) >= 11 is 6.06. The first kappa shape index (κ1) is 16.6. The maximum absolute atomic E-state index is 6.06. The molecule has 1 fully saturated rings. The largest absolute Gasteiger partial charge is 0.379 e. The number of ether oxygens (including phenoxy) is 1. The Hall–Kier alpha value is -1.81. The molecule has 0 radical (unpaired) electrons. The topological polar surface area (TPSA) is 28.3 Å². The van der Waals surface area contributed by atoms with Crippen molar-refractivity contribution in [1.82, 2.24) is 9.88 Å². The van der Waals surface area contributed by atoms with Gasteiger partial charge in [-0.2, -0.15) is 0 Å². The van der Waals surface area contributed by atoms with Gasteiger partial charge < -0.3 is 9.72 Å². The number of benzene rings is 2. The van der Waals surface area contributed by atoms with Crippen LogP contribution in [0, 0.1) is 0 Å².